The van der Waals surface area contributed by atoms with Gasteiger partial charge >= 0.3 is 17.9 Å². The summed E-state index contributed by atoms with van der Waals surface area (Å²) in [5, 5.41) is 9.75. The van der Waals surface area contributed by atoms with Crippen molar-refractivity contribution in [1.29, 1.82) is 0 Å². The standard InChI is InChI=1S/C77H139NO8/c1-6-8-10-12-14-16-18-20-22-24-26-28-29-30-31-32-33-34-35-36-37-38-39-40-41-42-43-44-45-46-47-48-50-52-54-56-58-60-62-64-66-68-75(80)86-73(72-85-77(76(81)82)83-70-69-78(3,4)5)71-84-74(79)67-65-63-61-59-57-55-53-51-49-27-25-23-21-19-17-15-13-11-9-7-2/h8,10,14,16,20,22,26,28,30-31,33-34,73,77H,6-7,9,11-13,15,17-19,21,23-25,27,29,32,35-72H2,1-5H3/p+1/b10-8-,16-14-,22-20-,28-26-,31-30-,34-33-. The minimum absolute atomic E-state index is 0.177. The predicted octanol–water partition coefficient (Wildman–Crippen LogP) is 22.9. The molecule has 500 valence electrons. The van der Waals surface area contributed by atoms with E-state index in [0.717, 1.165) is 77.0 Å². The molecule has 0 aromatic rings. The van der Waals surface area contributed by atoms with Crippen LogP contribution in [0.1, 0.15) is 341 Å². The van der Waals surface area contributed by atoms with Gasteiger partial charge in [0, 0.05) is 12.8 Å². The molecule has 0 aliphatic rings. The molecule has 0 saturated carbocycles. The molecule has 0 aliphatic heterocycles. The van der Waals surface area contributed by atoms with Crippen molar-refractivity contribution in [2.45, 2.75) is 354 Å². The van der Waals surface area contributed by atoms with Gasteiger partial charge in [-0.15, -0.1) is 0 Å². The van der Waals surface area contributed by atoms with E-state index in [1.54, 1.807) is 0 Å². The van der Waals surface area contributed by atoms with E-state index >= 15 is 0 Å². The van der Waals surface area contributed by atoms with E-state index in [1.165, 1.54) is 238 Å². The number of quaternary nitrogens is 1. The van der Waals surface area contributed by atoms with Crippen LogP contribution in [0.4, 0.5) is 0 Å². The molecule has 0 aromatic heterocycles. The lowest BCUT2D eigenvalue weighted by atomic mass is 10.0. The second-order valence-corrected chi connectivity index (χ2v) is 25.9. The molecule has 0 rings (SSSR count). The lowest BCUT2D eigenvalue weighted by Gasteiger charge is -2.25. The third-order valence-electron chi connectivity index (χ3n) is 16.2. The summed E-state index contributed by atoms with van der Waals surface area (Å²) in [5.74, 6) is -1.98. The number of esters is 2. The fraction of sp³-hybridized carbons (Fsp3) is 0.805. The molecule has 0 amide bonds. The summed E-state index contributed by atoms with van der Waals surface area (Å²) in [6.45, 7) is 4.82. The van der Waals surface area contributed by atoms with Crippen LogP contribution in [-0.4, -0.2) is 87.4 Å². The summed E-state index contributed by atoms with van der Waals surface area (Å²) in [4.78, 5) is 37.6. The Morgan fingerprint density at radius 3 is 0.988 bits per heavy atom. The fourth-order valence-corrected chi connectivity index (χ4v) is 10.7. The van der Waals surface area contributed by atoms with Crippen LogP contribution in [-0.2, 0) is 33.3 Å². The maximum absolute atomic E-state index is 12.9. The third kappa shape index (κ3) is 68.2. The Kier molecular flexibility index (Phi) is 65.1. The Morgan fingerprint density at radius 2 is 0.663 bits per heavy atom. The maximum atomic E-state index is 12.9. The molecule has 1 N–H and O–H groups in total. The molecule has 0 bridgehead atoms. The Labute approximate surface area is 532 Å². The zero-order valence-corrected chi connectivity index (χ0v) is 57.2. The Bertz CT molecular complexity index is 1640. The second-order valence-electron chi connectivity index (χ2n) is 25.9. The highest BCUT2D eigenvalue weighted by atomic mass is 16.7. The minimum atomic E-state index is -1.51. The van der Waals surface area contributed by atoms with Crippen LogP contribution in [0, 0.1) is 0 Å². The van der Waals surface area contributed by atoms with Gasteiger partial charge in [-0.2, -0.15) is 0 Å². The van der Waals surface area contributed by atoms with Crippen LogP contribution >= 0.6 is 0 Å². The zero-order valence-electron chi connectivity index (χ0n) is 57.2. The normalized spacial score (nSPS) is 13.1. The van der Waals surface area contributed by atoms with E-state index in [0.29, 0.717) is 17.4 Å². The van der Waals surface area contributed by atoms with Crippen molar-refractivity contribution in [3.05, 3.63) is 72.9 Å². The summed E-state index contributed by atoms with van der Waals surface area (Å²) in [5.41, 5.74) is 0. The molecule has 2 unspecified atom stereocenters. The lowest BCUT2D eigenvalue weighted by Crippen LogP contribution is -2.40. The van der Waals surface area contributed by atoms with Gasteiger partial charge in [-0.1, -0.05) is 337 Å². The van der Waals surface area contributed by atoms with Crippen molar-refractivity contribution in [2.24, 2.45) is 0 Å². The van der Waals surface area contributed by atoms with Gasteiger partial charge in [-0.05, 0) is 64.2 Å². The molecule has 0 fully saturated rings. The number of allylic oxidation sites excluding steroid dienone is 12. The van der Waals surface area contributed by atoms with Crippen LogP contribution in [0.5, 0.6) is 0 Å². The molecule has 9 heteroatoms. The molecule has 0 saturated heterocycles. The lowest BCUT2D eigenvalue weighted by molar-refractivity contribution is -0.870. The van der Waals surface area contributed by atoms with Crippen LogP contribution in [0.2, 0.25) is 0 Å². The SMILES string of the molecule is CC/C=C\C/C=C\C/C=C\C/C=C\C/C=C\C/C=C\CCCCCCCCCCCCCCCCCCCCCCCCC(=O)OC(COC(=O)CCCCCCCCCCCCCCCCCCCCCC)COC(OCC[N+](C)(C)C)C(=O)O. The van der Waals surface area contributed by atoms with Crippen molar-refractivity contribution < 1.29 is 42.9 Å². The van der Waals surface area contributed by atoms with Gasteiger partial charge in [0.25, 0.3) is 6.29 Å². The van der Waals surface area contributed by atoms with Gasteiger partial charge in [0.2, 0.25) is 0 Å². The quantitative estimate of drug-likeness (QED) is 0.0211. The highest BCUT2D eigenvalue weighted by Gasteiger charge is 2.25. The predicted molar refractivity (Wildman–Crippen MR) is 369 cm³/mol. The van der Waals surface area contributed by atoms with Crippen LogP contribution < -0.4 is 0 Å². The number of ether oxygens (including phenoxy) is 4. The molecule has 9 nitrogen and oxygen atoms in total. The number of carboxylic acid groups (broad SMARTS) is 1. The van der Waals surface area contributed by atoms with Gasteiger partial charge in [0.1, 0.15) is 13.2 Å². The van der Waals surface area contributed by atoms with Crippen molar-refractivity contribution in [3.8, 4) is 0 Å². The molecule has 0 aromatic carbocycles. The average molecular weight is 1210 g/mol. The fourth-order valence-electron chi connectivity index (χ4n) is 10.7. The van der Waals surface area contributed by atoms with Gasteiger partial charge < -0.3 is 28.5 Å². The van der Waals surface area contributed by atoms with E-state index < -0.39 is 18.4 Å². The van der Waals surface area contributed by atoms with E-state index in [1.807, 2.05) is 21.1 Å². The van der Waals surface area contributed by atoms with E-state index in [-0.39, 0.29) is 38.2 Å². The van der Waals surface area contributed by atoms with E-state index in [2.05, 4.69) is 86.8 Å². The topological polar surface area (TPSA) is 108 Å². The molecular formula is C77H140NO8+. The first kappa shape index (κ1) is 82.7. The smallest absolute Gasteiger partial charge is 0.361 e. The van der Waals surface area contributed by atoms with Gasteiger partial charge in [0.05, 0.1) is 34.4 Å². The monoisotopic (exact) mass is 1210 g/mol. The van der Waals surface area contributed by atoms with Crippen molar-refractivity contribution >= 4 is 17.9 Å². The van der Waals surface area contributed by atoms with Crippen LogP contribution in [0.15, 0.2) is 72.9 Å². The highest BCUT2D eigenvalue weighted by Crippen LogP contribution is 2.19. The Balaban J connectivity index is 3.97. The number of aliphatic carboxylic acids is 1. The van der Waals surface area contributed by atoms with E-state index in [9.17, 15) is 19.5 Å². The first-order valence-corrected chi connectivity index (χ1v) is 36.6. The second kappa shape index (κ2) is 67.7. The average Bonchev–Trinajstić information content (AvgIpc) is 3.63. The number of nitrogens with zero attached hydrogens (tertiary/aromatic N) is 1. The zero-order chi connectivity index (χ0) is 62.6. The number of carbonyl (C=O) groups excluding carboxylic acids is 2. The largest absolute Gasteiger partial charge is 0.477 e. The highest BCUT2D eigenvalue weighted by molar-refractivity contribution is 5.71. The molecule has 0 heterocycles. The molecule has 86 heavy (non-hydrogen) atoms. The summed E-state index contributed by atoms with van der Waals surface area (Å²) in [6, 6.07) is 0. The summed E-state index contributed by atoms with van der Waals surface area (Å²) >= 11 is 0. The van der Waals surface area contributed by atoms with Gasteiger partial charge in [0.15, 0.2) is 6.10 Å². The number of hydrogen-bond acceptors (Lipinski definition) is 7. The number of hydrogen-bond donors (Lipinski definition) is 1. The summed E-state index contributed by atoms with van der Waals surface area (Å²) < 4.78 is 23.0. The van der Waals surface area contributed by atoms with Gasteiger partial charge in [-0.3, -0.25) is 9.59 Å². The number of rotatable bonds is 68. The molecular weight excluding hydrogens is 1070 g/mol. The summed E-state index contributed by atoms with van der Waals surface area (Å²) in [6.07, 6.45) is 87.5. The molecule has 0 aliphatic carbocycles. The van der Waals surface area contributed by atoms with Crippen molar-refractivity contribution in [1.82, 2.24) is 0 Å². The Hall–Kier alpha value is -3.27. The first-order chi connectivity index (χ1) is 42.1. The Morgan fingerprint density at radius 1 is 0.360 bits per heavy atom. The summed E-state index contributed by atoms with van der Waals surface area (Å²) in [7, 11) is 5.99. The van der Waals surface area contributed by atoms with Crippen molar-refractivity contribution in [2.75, 3.05) is 47.5 Å². The number of carbonyl (C=O) groups is 3. The first-order valence-electron chi connectivity index (χ1n) is 36.6. The number of unbranched alkanes of at least 4 members (excludes halogenated alkanes) is 41. The van der Waals surface area contributed by atoms with Crippen molar-refractivity contribution in [3.63, 3.8) is 0 Å². The van der Waals surface area contributed by atoms with Crippen LogP contribution in [0.25, 0.3) is 0 Å². The minimum Gasteiger partial charge on any atom is -0.477 e. The van der Waals surface area contributed by atoms with Crippen LogP contribution in [0.3, 0.4) is 0 Å². The third-order valence-corrected chi connectivity index (χ3v) is 16.2. The van der Waals surface area contributed by atoms with Gasteiger partial charge in [-0.25, -0.2) is 4.79 Å². The molecule has 0 radical (unpaired) electrons. The van der Waals surface area contributed by atoms with E-state index in [4.69, 9.17) is 18.9 Å². The number of likely N-dealkylation sites (N-methyl/N-ethyl adjacent to an activating group) is 1. The number of carboxylic acids is 1. The maximum Gasteiger partial charge on any atom is 0.361 e. The molecule has 0 spiro atoms. The molecule has 2 atom stereocenters.